The van der Waals surface area contributed by atoms with Crippen LogP contribution in [0.1, 0.15) is 25.3 Å². The Hall–Kier alpha value is -0.960. The normalized spacial score (nSPS) is 20.0. The molecule has 1 atom stereocenters. The van der Waals surface area contributed by atoms with Gasteiger partial charge in [-0.25, -0.2) is 0 Å². The monoisotopic (exact) mass is 222 g/mol. The number of benzene rings is 1. The Morgan fingerprint density at radius 1 is 1.47 bits per heavy atom. The lowest BCUT2D eigenvalue weighted by Gasteiger charge is -2.26. The van der Waals surface area contributed by atoms with Gasteiger partial charge in [-0.2, -0.15) is 0 Å². The van der Waals surface area contributed by atoms with Gasteiger partial charge in [0.1, 0.15) is 0 Å². The number of aliphatic carboxylic acids is 1. The number of fused-ring (bicyclic) bond motifs is 1. The maximum absolute atomic E-state index is 11.2. The third-order valence-corrected chi connectivity index (χ3v) is 4.31. The molecule has 2 nitrogen and oxygen atoms in total. The van der Waals surface area contributed by atoms with Crippen LogP contribution < -0.4 is 0 Å². The first-order valence-electron chi connectivity index (χ1n) is 4.98. The van der Waals surface area contributed by atoms with Gasteiger partial charge in [-0.05, 0) is 25.5 Å². The number of rotatable bonds is 2. The van der Waals surface area contributed by atoms with E-state index in [4.69, 9.17) is 0 Å². The first-order valence-corrected chi connectivity index (χ1v) is 5.97. The lowest BCUT2D eigenvalue weighted by molar-refractivity contribution is -0.147. The van der Waals surface area contributed by atoms with Gasteiger partial charge in [-0.15, -0.1) is 11.8 Å². The number of thioether (sulfide) groups is 1. The summed E-state index contributed by atoms with van der Waals surface area (Å²) in [5, 5.41) is 9.22. The van der Waals surface area contributed by atoms with E-state index in [-0.39, 0.29) is 5.92 Å². The predicted octanol–water partition coefficient (Wildman–Crippen LogP) is 2.99. The smallest absolute Gasteiger partial charge is 0.309 e. The summed E-state index contributed by atoms with van der Waals surface area (Å²) in [6, 6.07) is 8.10. The zero-order chi connectivity index (χ0) is 11.1. The van der Waals surface area contributed by atoms with Crippen LogP contribution in [0.2, 0.25) is 0 Å². The Kier molecular flexibility index (Phi) is 2.51. The Morgan fingerprint density at radius 2 is 2.13 bits per heavy atom. The molecule has 0 saturated carbocycles. The molecule has 3 heteroatoms. The highest BCUT2D eigenvalue weighted by Gasteiger charge is 2.41. The van der Waals surface area contributed by atoms with Crippen molar-refractivity contribution in [2.75, 3.05) is 5.75 Å². The largest absolute Gasteiger partial charge is 0.481 e. The molecule has 0 radical (unpaired) electrons. The van der Waals surface area contributed by atoms with Crippen molar-refractivity contribution in [1.29, 1.82) is 0 Å². The second kappa shape index (κ2) is 3.56. The van der Waals surface area contributed by atoms with Gasteiger partial charge in [-0.3, -0.25) is 4.79 Å². The molecule has 0 fully saturated rings. The lowest BCUT2D eigenvalue weighted by atomic mass is 9.76. The Balaban J connectivity index is 2.39. The van der Waals surface area contributed by atoms with Crippen molar-refractivity contribution in [2.24, 2.45) is 5.41 Å². The van der Waals surface area contributed by atoms with Crippen LogP contribution in [0.15, 0.2) is 29.2 Å². The summed E-state index contributed by atoms with van der Waals surface area (Å²) in [5.41, 5.74) is 0.509. The fourth-order valence-electron chi connectivity index (χ4n) is 1.91. The first-order chi connectivity index (χ1) is 7.03. The van der Waals surface area contributed by atoms with Crippen molar-refractivity contribution in [3.63, 3.8) is 0 Å². The van der Waals surface area contributed by atoms with Crippen LogP contribution in [-0.4, -0.2) is 16.8 Å². The molecule has 1 aliphatic rings. The van der Waals surface area contributed by atoms with Gasteiger partial charge >= 0.3 is 5.97 Å². The van der Waals surface area contributed by atoms with Gasteiger partial charge in [-0.1, -0.05) is 18.2 Å². The molecule has 1 heterocycles. The highest BCUT2D eigenvalue weighted by atomic mass is 32.2. The van der Waals surface area contributed by atoms with Crippen LogP contribution in [0, 0.1) is 5.41 Å². The van der Waals surface area contributed by atoms with Crippen molar-refractivity contribution in [3.05, 3.63) is 29.8 Å². The van der Waals surface area contributed by atoms with E-state index < -0.39 is 11.4 Å². The summed E-state index contributed by atoms with van der Waals surface area (Å²) in [6.45, 7) is 3.62. The van der Waals surface area contributed by atoms with Crippen molar-refractivity contribution >= 4 is 17.7 Å². The van der Waals surface area contributed by atoms with Gasteiger partial charge < -0.3 is 5.11 Å². The van der Waals surface area contributed by atoms with Crippen LogP contribution in [0.5, 0.6) is 0 Å². The molecular formula is C12H14O2S. The standard InChI is InChI=1S/C12H14O2S/c1-12(2,11(13)14)9-7-15-10-6-4-3-5-8(9)10/h3-6,9H,7H2,1-2H3,(H,13,14). The van der Waals surface area contributed by atoms with E-state index in [1.807, 2.05) is 32.0 Å². The van der Waals surface area contributed by atoms with Crippen LogP contribution in [0.4, 0.5) is 0 Å². The summed E-state index contributed by atoms with van der Waals surface area (Å²) in [6.07, 6.45) is 0. The van der Waals surface area contributed by atoms with E-state index in [0.29, 0.717) is 0 Å². The molecule has 1 aromatic rings. The minimum Gasteiger partial charge on any atom is -0.481 e. The average molecular weight is 222 g/mol. The molecule has 1 unspecified atom stereocenters. The molecule has 0 saturated heterocycles. The van der Waals surface area contributed by atoms with E-state index in [2.05, 4.69) is 6.07 Å². The zero-order valence-electron chi connectivity index (χ0n) is 8.86. The summed E-state index contributed by atoms with van der Waals surface area (Å²) in [4.78, 5) is 12.4. The number of hydrogen-bond acceptors (Lipinski definition) is 2. The molecule has 0 spiro atoms. The zero-order valence-corrected chi connectivity index (χ0v) is 9.67. The van der Waals surface area contributed by atoms with Crippen molar-refractivity contribution in [1.82, 2.24) is 0 Å². The van der Waals surface area contributed by atoms with E-state index in [0.717, 1.165) is 5.75 Å². The Bertz CT molecular complexity index is 398. The SMILES string of the molecule is CC(C)(C(=O)O)C1CSc2ccccc21. The topological polar surface area (TPSA) is 37.3 Å². The summed E-state index contributed by atoms with van der Waals surface area (Å²) in [7, 11) is 0. The molecular weight excluding hydrogens is 208 g/mol. The maximum atomic E-state index is 11.2. The van der Waals surface area contributed by atoms with E-state index in [1.165, 1.54) is 10.5 Å². The third-order valence-electron chi connectivity index (χ3n) is 3.12. The van der Waals surface area contributed by atoms with Crippen molar-refractivity contribution in [3.8, 4) is 0 Å². The van der Waals surface area contributed by atoms with Gasteiger partial charge in [0, 0.05) is 16.6 Å². The number of carboxylic acids is 1. The second-order valence-electron chi connectivity index (χ2n) is 4.43. The molecule has 0 aromatic heterocycles. The van der Waals surface area contributed by atoms with Crippen LogP contribution >= 0.6 is 11.8 Å². The van der Waals surface area contributed by atoms with E-state index in [9.17, 15) is 9.90 Å². The minimum absolute atomic E-state index is 0.121. The molecule has 1 aromatic carbocycles. The molecule has 0 amide bonds. The number of carbonyl (C=O) groups is 1. The Morgan fingerprint density at radius 3 is 2.80 bits per heavy atom. The summed E-state index contributed by atoms with van der Waals surface area (Å²) in [5.74, 6) is 0.277. The van der Waals surface area contributed by atoms with E-state index >= 15 is 0 Å². The fraction of sp³-hybridized carbons (Fsp3) is 0.417. The lowest BCUT2D eigenvalue weighted by Crippen LogP contribution is -2.31. The van der Waals surface area contributed by atoms with Crippen LogP contribution in [0.3, 0.4) is 0 Å². The molecule has 1 aliphatic heterocycles. The highest BCUT2D eigenvalue weighted by Crippen LogP contribution is 2.48. The van der Waals surface area contributed by atoms with E-state index in [1.54, 1.807) is 11.8 Å². The van der Waals surface area contributed by atoms with Crippen LogP contribution in [0.25, 0.3) is 0 Å². The molecule has 15 heavy (non-hydrogen) atoms. The minimum atomic E-state index is -0.718. The average Bonchev–Trinajstić information content (AvgIpc) is 2.61. The molecule has 1 N–H and O–H groups in total. The predicted molar refractivity (Wildman–Crippen MR) is 61.3 cm³/mol. The van der Waals surface area contributed by atoms with Gasteiger partial charge in [0.15, 0.2) is 0 Å². The quantitative estimate of drug-likeness (QED) is 0.835. The molecule has 2 rings (SSSR count). The maximum Gasteiger partial charge on any atom is 0.309 e. The summed E-state index contributed by atoms with van der Waals surface area (Å²) >= 11 is 1.76. The fourth-order valence-corrected chi connectivity index (χ4v) is 3.40. The molecule has 0 aliphatic carbocycles. The second-order valence-corrected chi connectivity index (χ2v) is 5.49. The van der Waals surface area contributed by atoms with Gasteiger partial charge in [0.05, 0.1) is 5.41 Å². The first kappa shape index (κ1) is 10.6. The van der Waals surface area contributed by atoms with Crippen LogP contribution in [-0.2, 0) is 4.79 Å². The third kappa shape index (κ3) is 1.65. The van der Waals surface area contributed by atoms with Crippen molar-refractivity contribution in [2.45, 2.75) is 24.7 Å². The summed E-state index contributed by atoms with van der Waals surface area (Å²) < 4.78 is 0. The van der Waals surface area contributed by atoms with Crippen molar-refractivity contribution < 1.29 is 9.90 Å². The number of hydrogen-bond donors (Lipinski definition) is 1. The molecule has 0 bridgehead atoms. The highest BCUT2D eigenvalue weighted by molar-refractivity contribution is 7.99. The molecule has 80 valence electrons. The Labute approximate surface area is 93.7 Å². The number of carboxylic acid groups (broad SMARTS) is 1. The van der Waals surface area contributed by atoms with Gasteiger partial charge in [0.2, 0.25) is 0 Å². The van der Waals surface area contributed by atoms with Gasteiger partial charge in [0.25, 0.3) is 0 Å².